The Hall–Kier alpha value is -1.98. The Bertz CT molecular complexity index is 777. The van der Waals surface area contributed by atoms with E-state index in [2.05, 4.69) is 15.3 Å². The molecule has 2 aromatic carbocycles. The Morgan fingerprint density at radius 2 is 1.85 bits per heavy atom. The Kier molecular flexibility index (Phi) is 3.16. The molecule has 0 radical (unpaired) electrons. The topological polar surface area (TPSA) is 66.7 Å². The molecule has 0 spiro atoms. The van der Waals surface area contributed by atoms with E-state index in [9.17, 15) is 4.39 Å². The molecule has 0 aliphatic carbocycles. The van der Waals surface area contributed by atoms with E-state index < -0.39 is 5.82 Å². The number of aromatic amines is 1. The van der Waals surface area contributed by atoms with Gasteiger partial charge in [-0.15, -0.1) is 0 Å². The second kappa shape index (κ2) is 4.85. The second-order valence-electron chi connectivity index (χ2n) is 4.23. The number of H-pyrrole nitrogens is 1. The number of anilines is 3. The summed E-state index contributed by atoms with van der Waals surface area (Å²) in [5.41, 5.74) is 8.25. The zero-order chi connectivity index (χ0) is 14.3. The first-order valence-electron chi connectivity index (χ1n) is 5.70. The Morgan fingerprint density at radius 1 is 1.15 bits per heavy atom. The minimum Gasteiger partial charge on any atom is -0.399 e. The van der Waals surface area contributed by atoms with Crippen LogP contribution in [-0.2, 0) is 0 Å². The summed E-state index contributed by atoms with van der Waals surface area (Å²) in [6.45, 7) is 0. The number of benzene rings is 2. The summed E-state index contributed by atoms with van der Waals surface area (Å²) in [5, 5.41) is 3.29. The molecule has 0 amide bonds. The van der Waals surface area contributed by atoms with Crippen molar-refractivity contribution >= 4 is 51.6 Å². The SMILES string of the molecule is Nc1ccc2nc(Nc3c(Cl)cc(F)cc3Cl)[nH]c2c1. The first-order valence-corrected chi connectivity index (χ1v) is 6.45. The van der Waals surface area contributed by atoms with E-state index in [1.165, 1.54) is 12.1 Å². The Balaban J connectivity index is 2.01. The van der Waals surface area contributed by atoms with Gasteiger partial charge in [0.2, 0.25) is 5.95 Å². The molecule has 20 heavy (non-hydrogen) atoms. The van der Waals surface area contributed by atoms with Gasteiger partial charge in [-0.3, -0.25) is 0 Å². The van der Waals surface area contributed by atoms with Crippen LogP contribution in [0.3, 0.4) is 0 Å². The van der Waals surface area contributed by atoms with Crippen molar-refractivity contribution in [2.24, 2.45) is 0 Å². The predicted molar refractivity (Wildman–Crippen MR) is 80.2 cm³/mol. The number of halogens is 3. The molecule has 1 heterocycles. The van der Waals surface area contributed by atoms with Crippen LogP contribution in [0.25, 0.3) is 11.0 Å². The molecule has 3 aromatic rings. The monoisotopic (exact) mass is 310 g/mol. The van der Waals surface area contributed by atoms with Crippen molar-refractivity contribution < 1.29 is 4.39 Å². The number of nitrogens with zero attached hydrogens (tertiary/aromatic N) is 1. The van der Waals surface area contributed by atoms with Crippen LogP contribution in [0, 0.1) is 5.82 Å². The van der Waals surface area contributed by atoms with Crippen LogP contribution in [0.15, 0.2) is 30.3 Å². The third-order valence-corrected chi connectivity index (χ3v) is 3.35. The first kappa shape index (κ1) is 13.0. The molecular weight excluding hydrogens is 302 g/mol. The summed E-state index contributed by atoms with van der Waals surface area (Å²) in [6, 6.07) is 7.67. The lowest BCUT2D eigenvalue weighted by atomic mass is 10.3. The zero-order valence-electron chi connectivity index (χ0n) is 10.0. The summed E-state index contributed by atoms with van der Waals surface area (Å²) in [5.74, 6) is -0.0519. The highest BCUT2D eigenvalue weighted by atomic mass is 35.5. The van der Waals surface area contributed by atoms with Crippen molar-refractivity contribution in [3.05, 3.63) is 46.2 Å². The van der Waals surface area contributed by atoms with Crippen molar-refractivity contribution in [1.29, 1.82) is 0 Å². The number of nitrogen functional groups attached to an aromatic ring is 1. The fraction of sp³-hybridized carbons (Fsp3) is 0. The molecule has 0 saturated heterocycles. The molecule has 1 aromatic heterocycles. The molecule has 0 bridgehead atoms. The van der Waals surface area contributed by atoms with E-state index in [1.54, 1.807) is 18.2 Å². The van der Waals surface area contributed by atoms with E-state index in [1.807, 2.05) is 0 Å². The van der Waals surface area contributed by atoms with Gasteiger partial charge in [0.25, 0.3) is 0 Å². The van der Waals surface area contributed by atoms with E-state index in [4.69, 9.17) is 28.9 Å². The van der Waals surface area contributed by atoms with Crippen molar-refractivity contribution in [2.45, 2.75) is 0 Å². The fourth-order valence-corrected chi connectivity index (χ4v) is 2.42. The average Bonchev–Trinajstić information content (AvgIpc) is 2.75. The highest BCUT2D eigenvalue weighted by Gasteiger charge is 2.11. The van der Waals surface area contributed by atoms with Crippen molar-refractivity contribution in [3.8, 4) is 0 Å². The molecule has 0 aliphatic heterocycles. The maximum atomic E-state index is 13.1. The van der Waals surface area contributed by atoms with Crippen molar-refractivity contribution in [2.75, 3.05) is 11.1 Å². The molecule has 4 nitrogen and oxygen atoms in total. The van der Waals surface area contributed by atoms with Crippen molar-refractivity contribution in [3.63, 3.8) is 0 Å². The molecule has 0 aliphatic rings. The standard InChI is InChI=1S/C13H9Cl2FN4/c14-8-3-6(16)4-9(15)12(8)20-13-18-10-2-1-7(17)5-11(10)19-13/h1-5H,17H2,(H2,18,19,20). The number of rotatable bonds is 2. The summed E-state index contributed by atoms with van der Waals surface area (Å²) in [4.78, 5) is 7.36. The van der Waals surface area contributed by atoms with Crippen molar-refractivity contribution in [1.82, 2.24) is 9.97 Å². The van der Waals surface area contributed by atoms with Gasteiger partial charge in [-0.2, -0.15) is 0 Å². The lowest BCUT2D eigenvalue weighted by Crippen LogP contribution is -1.95. The van der Waals surface area contributed by atoms with Crippen LogP contribution >= 0.6 is 23.2 Å². The van der Waals surface area contributed by atoms with Crippen LogP contribution in [-0.4, -0.2) is 9.97 Å². The molecular formula is C13H9Cl2FN4. The third-order valence-electron chi connectivity index (χ3n) is 2.76. The van der Waals surface area contributed by atoms with E-state index in [0.29, 0.717) is 17.3 Å². The number of fused-ring (bicyclic) bond motifs is 1. The summed E-state index contributed by atoms with van der Waals surface area (Å²) >= 11 is 11.9. The van der Waals surface area contributed by atoms with Crippen LogP contribution in [0.2, 0.25) is 10.0 Å². The molecule has 102 valence electrons. The van der Waals surface area contributed by atoms with Gasteiger partial charge in [0.05, 0.1) is 26.8 Å². The molecule has 0 atom stereocenters. The number of nitrogens with one attached hydrogen (secondary N) is 2. The summed E-state index contributed by atoms with van der Waals surface area (Å²) in [6.07, 6.45) is 0. The normalized spacial score (nSPS) is 10.9. The predicted octanol–water partition coefficient (Wildman–Crippen LogP) is 4.33. The maximum Gasteiger partial charge on any atom is 0.205 e. The van der Waals surface area contributed by atoms with E-state index in [-0.39, 0.29) is 10.0 Å². The number of imidazole rings is 1. The Labute approximate surface area is 123 Å². The largest absolute Gasteiger partial charge is 0.399 e. The zero-order valence-corrected chi connectivity index (χ0v) is 11.6. The molecule has 3 rings (SSSR count). The quantitative estimate of drug-likeness (QED) is 0.617. The number of hydrogen-bond acceptors (Lipinski definition) is 3. The van der Waals surface area contributed by atoms with Gasteiger partial charge in [-0.1, -0.05) is 23.2 Å². The molecule has 4 N–H and O–H groups in total. The number of nitrogens with two attached hydrogens (primary N) is 1. The fourth-order valence-electron chi connectivity index (χ4n) is 1.87. The van der Waals surface area contributed by atoms with Gasteiger partial charge in [0.1, 0.15) is 5.82 Å². The van der Waals surface area contributed by atoms with Gasteiger partial charge in [-0.05, 0) is 30.3 Å². The van der Waals surface area contributed by atoms with Crippen LogP contribution in [0.1, 0.15) is 0 Å². The minimum atomic E-state index is -0.497. The van der Waals surface area contributed by atoms with E-state index >= 15 is 0 Å². The lowest BCUT2D eigenvalue weighted by Gasteiger charge is -2.07. The molecule has 0 unspecified atom stereocenters. The van der Waals surface area contributed by atoms with Gasteiger partial charge < -0.3 is 16.0 Å². The van der Waals surface area contributed by atoms with Gasteiger partial charge in [0, 0.05) is 5.69 Å². The highest BCUT2D eigenvalue weighted by molar-refractivity contribution is 6.39. The maximum absolute atomic E-state index is 13.1. The highest BCUT2D eigenvalue weighted by Crippen LogP contribution is 2.33. The second-order valence-corrected chi connectivity index (χ2v) is 5.05. The Morgan fingerprint density at radius 3 is 2.55 bits per heavy atom. The van der Waals surface area contributed by atoms with Crippen LogP contribution in [0.5, 0.6) is 0 Å². The molecule has 7 heteroatoms. The van der Waals surface area contributed by atoms with Gasteiger partial charge in [0.15, 0.2) is 0 Å². The molecule has 0 fully saturated rings. The van der Waals surface area contributed by atoms with E-state index in [0.717, 1.165) is 11.0 Å². The smallest absolute Gasteiger partial charge is 0.205 e. The summed E-state index contributed by atoms with van der Waals surface area (Å²) in [7, 11) is 0. The summed E-state index contributed by atoms with van der Waals surface area (Å²) < 4.78 is 13.1. The molecule has 0 saturated carbocycles. The van der Waals surface area contributed by atoms with Crippen LogP contribution < -0.4 is 11.1 Å². The number of hydrogen-bond donors (Lipinski definition) is 3. The third kappa shape index (κ3) is 2.37. The van der Waals surface area contributed by atoms with Gasteiger partial charge >= 0.3 is 0 Å². The first-order chi connectivity index (χ1) is 9.52. The minimum absolute atomic E-state index is 0.176. The number of aromatic nitrogens is 2. The van der Waals surface area contributed by atoms with Gasteiger partial charge in [-0.25, -0.2) is 9.37 Å². The van der Waals surface area contributed by atoms with Crippen LogP contribution in [0.4, 0.5) is 21.7 Å². The average molecular weight is 311 g/mol. The lowest BCUT2D eigenvalue weighted by molar-refractivity contribution is 0.628.